The average Bonchev–Trinajstić information content (AvgIpc) is 2.29. The molecule has 0 aliphatic carbocycles. The topological polar surface area (TPSA) is 114 Å². The maximum absolute atomic E-state index is 11.6. The molecule has 0 atom stereocenters. The van der Waals surface area contributed by atoms with E-state index in [4.69, 9.17) is 5.73 Å². The van der Waals surface area contributed by atoms with Crippen molar-refractivity contribution >= 4 is 21.7 Å². The molecule has 1 amide bonds. The number of carbonyl (C=O) groups excluding carboxylic acids is 1. The van der Waals surface area contributed by atoms with Crippen molar-refractivity contribution in [2.45, 2.75) is 0 Å². The van der Waals surface area contributed by atoms with Crippen LogP contribution in [0.25, 0.3) is 0 Å². The predicted molar refractivity (Wildman–Crippen MR) is 63.8 cm³/mol. The summed E-state index contributed by atoms with van der Waals surface area (Å²) >= 11 is 0. The number of pyridine rings is 1. The van der Waals surface area contributed by atoms with Crippen molar-refractivity contribution in [1.82, 2.24) is 15.0 Å². The first-order chi connectivity index (χ1) is 7.96. The Hall–Kier alpha value is -1.67. The summed E-state index contributed by atoms with van der Waals surface area (Å²) in [6.45, 7) is 0.0103. The fourth-order valence-electron chi connectivity index (χ4n) is 1.11. The molecule has 0 aromatic carbocycles. The van der Waals surface area contributed by atoms with E-state index >= 15 is 0 Å². The van der Waals surface area contributed by atoms with Crippen LogP contribution >= 0.6 is 0 Å². The molecule has 8 heteroatoms. The molecule has 0 fully saturated rings. The highest BCUT2D eigenvalue weighted by Gasteiger charge is 2.11. The largest absolute Gasteiger partial charge is 0.383 e. The van der Waals surface area contributed by atoms with Crippen molar-refractivity contribution in [3.8, 4) is 0 Å². The van der Waals surface area contributed by atoms with Crippen molar-refractivity contribution < 1.29 is 13.2 Å². The van der Waals surface area contributed by atoms with Crippen LogP contribution in [0.5, 0.6) is 0 Å². The summed E-state index contributed by atoms with van der Waals surface area (Å²) in [7, 11) is -2.00. The molecular formula is C9H14N4O3S. The van der Waals surface area contributed by atoms with Gasteiger partial charge in [-0.15, -0.1) is 0 Å². The van der Waals surface area contributed by atoms with Crippen LogP contribution in [0.3, 0.4) is 0 Å². The van der Waals surface area contributed by atoms with Gasteiger partial charge in [-0.05, 0) is 19.2 Å². The lowest BCUT2D eigenvalue weighted by Gasteiger charge is -2.06. The number of anilines is 1. The highest BCUT2D eigenvalue weighted by molar-refractivity contribution is 7.89. The van der Waals surface area contributed by atoms with E-state index in [2.05, 4.69) is 15.0 Å². The van der Waals surface area contributed by atoms with E-state index < -0.39 is 15.9 Å². The van der Waals surface area contributed by atoms with Gasteiger partial charge in [0.1, 0.15) is 5.82 Å². The molecule has 0 unspecified atom stereocenters. The van der Waals surface area contributed by atoms with Crippen LogP contribution in [0, 0.1) is 0 Å². The summed E-state index contributed by atoms with van der Waals surface area (Å²) in [5, 5.41) is 2.45. The molecule has 94 valence electrons. The summed E-state index contributed by atoms with van der Waals surface area (Å²) in [6, 6.07) is 3.10. The zero-order valence-electron chi connectivity index (χ0n) is 9.30. The first kappa shape index (κ1) is 13.4. The predicted octanol–water partition coefficient (Wildman–Crippen LogP) is -1.06. The smallest absolute Gasteiger partial charge is 0.255 e. The molecule has 0 saturated heterocycles. The average molecular weight is 258 g/mol. The summed E-state index contributed by atoms with van der Waals surface area (Å²) < 4.78 is 24.3. The monoisotopic (exact) mass is 258 g/mol. The molecule has 0 saturated carbocycles. The third kappa shape index (κ3) is 4.00. The third-order valence-electron chi connectivity index (χ3n) is 2.05. The SMILES string of the molecule is CNS(=O)(=O)CCNC(=O)c1cccnc1N. The van der Waals surface area contributed by atoms with Crippen LogP contribution in [-0.2, 0) is 10.0 Å². The lowest BCUT2D eigenvalue weighted by atomic mass is 10.2. The molecule has 1 rings (SSSR count). The van der Waals surface area contributed by atoms with Gasteiger partial charge in [-0.2, -0.15) is 0 Å². The Kier molecular flexibility index (Phi) is 4.41. The summed E-state index contributed by atoms with van der Waals surface area (Å²) in [5.41, 5.74) is 5.73. The number of nitrogens with two attached hydrogens (primary N) is 1. The van der Waals surface area contributed by atoms with Gasteiger partial charge < -0.3 is 11.1 Å². The van der Waals surface area contributed by atoms with Gasteiger partial charge >= 0.3 is 0 Å². The van der Waals surface area contributed by atoms with Gasteiger partial charge in [0.2, 0.25) is 10.0 Å². The number of rotatable bonds is 5. The first-order valence-electron chi connectivity index (χ1n) is 4.86. The molecule has 1 heterocycles. The number of nitrogen functional groups attached to an aromatic ring is 1. The Morgan fingerprint density at radius 3 is 2.82 bits per heavy atom. The van der Waals surface area contributed by atoms with Crippen LogP contribution in [0.15, 0.2) is 18.3 Å². The van der Waals surface area contributed by atoms with Crippen molar-refractivity contribution in [3.63, 3.8) is 0 Å². The zero-order valence-corrected chi connectivity index (χ0v) is 10.1. The highest BCUT2D eigenvalue weighted by Crippen LogP contribution is 2.05. The number of sulfonamides is 1. The minimum absolute atomic E-state index is 0.0103. The Labute approximate surface area is 99.5 Å². The summed E-state index contributed by atoms with van der Waals surface area (Å²) in [5.74, 6) is -0.515. The first-order valence-corrected chi connectivity index (χ1v) is 6.51. The molecule has 1 aromatic rings. The second-order valence-electron chi connectivity index (χ2n) is 3.22. The molecule has 0 spiro atoms. The molecule has 1 aromatic heterocycles. The number of aromatic nitrogens is 1. The third-order valence-corrected chi connectivity index (χ3v) is 3.41. The Balaban J connectivity index is 2.55. The Morgan fingerprint density at radius 2 is 2.24 bits per heavy atom. The second kappa shape index (κ2) is 5.60. The maximum atomic E-state index is 11.6. The van der Waals surface area contributed by atoms with Crippen molar-refractivity contribution in [2.24, 2.45) is 0 Å². The van der Waals surface area contributed by atoms with Crippen LogP contribution < -0.4 is 15.8 Å². The van der Waals surface area contributed by atoms with Gasteiger partial charge in [0, 0.05) is 12.7 Å². The van der Waals surface area contributed by atoms with Crippen LogP contribution in [0.4, 0.5) is 5.82 Å². The lowest BCUT2D eigenvalue weighted by molar-refractivity contribution is 0.0956. The number of nitrogens with one attached hydrogen (secondary N) is 2. The Bertz CT molecular complexity index is 501. The van der Waals surface area contributed by atoms with E-state index in [0.717, 1.165) is 0 Å². The van der Waals surface area contributed by atoms with Crippen molar-refractivity contribution in [2.75, 3.05) is 25.1 Å². The number of hydrogen-bond acceptors (Lipinski definition) is 5. The number of carbonyl (C=O) groups is 1. The van der Waals surface area contributed by atoms with Gasteiger partial charge in [-0.1, -0.05) is 0 Å². The molecule has 17 heavy (non-hydrogen) atoms. The van der Waals surface area contributed by atoms with Crippen LogP contribution in [-0.4, -0.2) is 38.7 Å². The lowest BCUT2D eigenvalue weighted by Crippen LogP contribution is -2.33. The molecule has 0 aliphatic rings. The fourth-order valence-corrected chi connectivity index (χ4v) is 1.68. The van der Waals surface area contributed by atoms with Gasteiger partial charge in [-0.25, -0.2) is 18.1 Å². The number of nitrogens with zero attached hydrogens (tertiary/aromatic N) is 1. The Morgan fingerprint density at radius 1 is 1.53 bits per heavy atom. The van der Waals surface area contributed by atoms with Crippen molar-refractivity contribution in [3.05, 3.63) is 23.9 Å². The zero-order chi connectivity index (χ0) is 12.9. The van der Waals surface area contributed by atoms with Gasteiger partial charge in [0.05, 0.1) is 11.3 Å². The van der Waals surface area contributed by atoms with E-state index in [-0.39, 0.29) is 23.7 Å². The molecular weight excluding hydrogens is 244 g/mol. The van der Waals surface area contributed by atoms with Crippen LogP contribution in [0.2, 0.25) is 0 Å². The van der Waals surface area contributed by atoms with E-state index in [0.29, 0.717) is 0 Å². The van der Waals surface area contributed by atoms with Gasteiger partial charge in [0.25, 0.3) is 5.91 Å². The van der Waals surface area contributed by atoms with E-state index in [1.165, 1.54) is 19.3 Å². The second-order valence-corrected chi connectivity index (χ2v) is 5.26. The normalized spacial score (nSPS) is 11.1. The molecule has 0 aliphatic heterocycles. The molecule has 7 nitrogen and oxygen atoms in total. The quantitative estimate of drug-likeness (QED) is 0.623. The minimum Gasteiger partial charge on any atom is -0.383 e. The highest BCUT2D eigenvalue weighted by atomic mass is 32.2. The van der Waals surface area contributed by atoms with E-state index in [1.807, 2.05) is 0 Å². The summed E-state index contributed by atoms with van der Waals surface area (Å²) in [4.78, 5) is 15.4. The van der Waals surface area contributed by atoms with Crippen LogP contribution in [0.1, 0.15) is 10.4 Å². The summed E-state index contributed by atoms with van der Waals surface area (Å²) in [6.07, 6.45) is 1.47. The maximum Gasteiger partial charge on any atom is 0.255 e. The van der Waals surface area contributed by atoms with Gasteiger partial charge in [-0.3, -0.25) is 4.79 Å². The molecule has 0 radical (unpaired) electrons. The minimum atomic E-state index is -3.32. The van der Waals surface area contributed by atoms with E-state index in [1.54, 1.807) is 6.07 Å². The van der Waals surface area contributed by atoms with Crippen molar-refractivity contribution in [1.29, 1.82) is 0 Å². The van der Waals surface area contributed by atoms with Gasteiger partial charge in [0.15, 0.2) is 0 Å². The fraction of sp³-hybridized carbons (Fsp3) is 0.333. The molecule has 4 N–H and O–H groups in total. The standard InChI is InChI=1S/C9H14N4O3S/c1-11-17(15,16)6-5-13-9(14)7-3-2-4-12-8(7)10/h2-4,11H,5-6H2,1H3,(H2,10,12)(H,13,14). The number of amides is 1. The molecule has 0 bridgehead atoms. The van der Waals surface area contributed by atoms with E-state index in [9.17, 15) is 13.2 Å². The number of hydrogen-bond donors (Lipinski definition) is 3.